The third kappa shape index (κ3) is 2.21. The van der Waals surface area contributed by atoms with Gasteiger partial charge in [0.2, 0.25) is 5.91 Å². The highest BCUT2D eigenvalue weighted by molar-refractivity contribution is 5.91. The molecule has 0 radical (unpaired) electrons. The number of amides is 1. The van der Waals surface area contributed by atoms with Gasteiger partial charge in [0.1, 0.15) is 17.5 Å². The number of nitrogens with one attached hydrogen (secondary N) is 1. The Hall–Kier alpha value is -3.01. The van der Waals surface area contributed by atoms with Crippen LogP contribution in [-0.2, 0) is 14.9 Å². The van der Waals surface area contributed by atoms with Gasteiger partial charge in [-0.15, -0.1) is 0 Å². The standard InChI is InChI=1S/C24H24N2O2/c1-16-17(14-18-8-4-7-11-21(18)28-16)12-13-24-23(2,3)19-9-5-6-10-20(19)26(24)15-22(27)25-24/h4-14,21H,15H2,1-3H3,(H,25,27)/t21-,24+/m1/s1. The lowest BCUT2D eigenvalue weighted by atomic mass is 9.75. The molecule has 3 heterocycles. The molecule has 4 heteroatoms. The normalized spacial score (nSPS) is 29.4. The van der Waals surface area contributed by atoms with Gasteiger partial charge in [0.05, 0.1) is 6.54 Å². The molecule has 1 amide bonds. The van der Waals surface area contributed by atoms with Crippen LogP contribution in [0.3, 0.4) is 0 Å². The third-order valence-corrected chi connectivity index (χ3v) is 6.43. The second-order valence-corrected chi connectivity index (χ2v) is 8.31. The molecule has 142 valence electrons. The van der Waals surface area contributed by atoms with E-state index in [9.17, 15) is 4.79 Å². The van der Waals surface area contributed by atoms with E-state index in [0.717, 1.165) is 22.6 Å². The van der Waals surface area contributed by atoms with Crippen LogP contribution in [0.1, 0.15) is 26.3 Å². The largest absolute Gasteiger partial charge is 0.486 e. The molecule has 1 fully saturated rings. The monoisotopic (exact) mass is 372 g/mol. The fourth-order valence-electron chi connectivity index (χ4n) is 4.83. The number of hydrogen-bond donors (Lipinski definition) is 1. The Bertz CT molecular complexity index is 1020. The van der Waals surface area contributed by atoms with Crippen molar-refractivity contribution in [2.75, 3.05) is 11.4 Å². The topological polar surface area (TPSA) is 41.6 Å². The number of ether oxygens (including phenoxy) is 1. The molecule has 0 unspecified atom stereocenters. The van der Waals surface area contributed by atoms with Gasteiger partial charge >= 0.3 is 0 Å². The lowest BCUT2D eigenvalue weighted by Gasteiger charge is -2.40. The zero-order chi connectivity index (χ0) is 19.5. The molecule has 28 heavy (non-hydrogen) atoms. The van der Waals surface area contributed by atoms with Crippen molar-refractivity contribution in [1.82, 2.24) is 5.32 Å². The Kier molecular flexibility index (Phi) is 3.51. The van der Waals surface area contributed by atoms with Gasteiger partial charge in [-0.05, 0) is 42.4 Å². The first-order valence-corrected chi connectivity index (χ1v) is 9.74. The summed E-state index contributed by atoms with van der Waals surface area (Å²) in [6.45, 7) is 6.76. The summed E-state index contributed by atoms with van der Waals surface area (Å²) in [7, 11) is 0. The fourth-order valence-corrected chi connectivity index (χ4v) is 4.83. The molecule has 4 aliphatic rings. The zero-order valence-electron chi connectivity index (χ0n) is 16.4. The maximum Gasteiger partial charge on any atom is 0.241 e. The van der Waals surface area contributed by atoms with Gasteiger partial charge in [0.15, 0.2) is 0 Å². The van der Waals surface area contributed by atoms with Crippen molar-refractivity contribution in [2.24, 2.45) is 0 Å². The summed E-state index contributed by atoms with van der Waals surface area (Å²) < 4.78 is 6.08. The van der Waals surface area contributed by atoms with Crippen molar-refractivity contribution >= 4 is 11.6 Å². The molecule has 2 atom stereocenters. The van der Waals surface area contributed by atoms with Gasteiger partial charge in [-0.1, -0.05) is 56.4 Å². The summed E-state index contributed by atoms with van der Waals surface area (Å²) in [5.41, 5.74) is 3.71. The molecule has 0 saturated carbocycles. The molecule has 0 bridgehead atoms. The first-order chi connectivity index (χ1) is 13.4. The van der Waals surface area contributed by atoms with Gasteiger partial charge in [0, 0.05) is 16.7 Å². The number of rotatable bonds is 2. The van der Waals surface area contributed by atoms with Crippen LogP contribution in [0.5, 0.6) is 0 Å². The van der Waals surface area contributed by atoms with Crippen LogP contribution in [0.4, 0.5) is 5.69 Å². The smallest absolute Gasteiger partial charge is 0.241 e. The number of nitrogens with zero attached hydrogens (tertiary/aromatic N) is 1. The molecule has 0 aromatic heterocycles. The van der Waals surface area contributed by atoms with Crippen LogP contribution in [-0.4, -0.2) is 24.2 Å². The highest BCUT2D eigenvalue weighted by atomic mass is 16.5. The van der Waals surface area contributed by atoms with Crippen LogP contribution < -0.4 is 10.2 Å². The minimum Gasteiger partial charge on any atom is -0.486 e. The van der Waals surface area contributed by atoms with Crippen molar-refractivity contribution in [3.63, 3.8) is 0 Å². The molecule has 1 aromatic carbocycles. The van der Waals surface area contributed by atoms with Crippen LogP contribution in [0.25, 0.3) is 0 Å². The number of carbonyl (C=O) groups excluding carboxylic acids is 1. The SMILES string of the molecule is CC1=C(C=C[C@]23NC(=O)CN2c2ccccc2C3(C)C)C=C2C=CC=C[C@H]2O1. The second-order valence-electron chi connectivity index (χ2n) is 8.31. The highest BCUT2D eigenvalue weighted by Gasteiger charge is 2.59. The summed E-state index contributed by atoms with van der Waals surface area (Å²) >= 11 is 0. The first kappa shape index (κ1) is 17.1. The quantitative estimate of drug-likeness (QED) is 0.856. The minimum absolute atomic E-state index is 0.00447. The Morgan fingerprint density at radius 1 is 1.25 bits per heavy atom. The number of allylic oxidation sites excluding steroid dienone is 6. The van der Waals surface area contributed by atoms with E-state index < -0.39 is 5.66 Å². The van der Waals surface area contributed by atoms with E-state index in [1.54, 1.807) is 0 Å². The summed E-state index contributed by atoms with van der Waals surface area (Å²) in [6.07, 6.45) is 14.6. The van der Waals surface area contributed by atoms with Gasteiger partial charge in [-0.2, -0.15) is 0 Å². The molecule has 4 nitrogen and oxygen atoms in total. The molecule has 3 aliphatic heterocycles. The molecular weight excluding hydrogens is 348 g/mol. The van der Waals surface area contributed by atoms with E-state index in [4.69, 9.17) is 4.74 Å². The third-order valence-electron chi connectivity index (χ3n) is 6.43. The average Bonchev–Trinajstić information content (AvgIpc) is 3.11. The minimum atomic E-state index is -0.585. The van der Waals surface area contributed by atoms with Crippen LogP contribution in [0.2, 0.25) is 0 Å². The molecule has 0 spiro atoms. The highest BCUT2D eigenvalue weighted by Crippen LogP contribution is 2.52. The van der Waals surface area contributed by atoms with Gasteiger partial charge < -0.3 is 15.0 Å². The molecule has 1 aromatic rings. The molecular formula is C24H24N2O2. The first-order valence-electron chi connectivity index (χ1n) is 9.74. The van der Waals surface area contributed by atoms with Crippen molar-refractivity contribution in [2.45, 2.75) is 38.0 Å². The second kappa shape index (κ2) is 5.74. The van der Waals surface area contributed by atoms with E-state index in [1.807, 2.05) is 25.1 Å². The lowest BCUT2D eigenvalue weighted by molar-refractivity contribution is -0.118. The number of fused-ring (bicyclic) bond motifs is 4. The summed E-state index contributed by atoms with van der Waals surface area (Å²) in [5, 5.41) is 3.27. The molecule has 1 N–H and O–H groups in total. The Balaban J connectivity index is 1.57. The number of carbonyl (C=O) groups is 1. The van der Waals surface area contributed by atoms with Crippen molar-refractivity contribution in [3.05, 3.63) is 89.3 Å². The maximum absolute atomic E-state index is 12.4. The number of hydrogen-bond acceptors (Lipinski definition) is 3. The zero-order valence-corrected chi connectivity index (χ0v) is 16.4. The van der Waals surface area contributed by atoms with Gasteiger partial charge in [0.25, 0.3) is 0 Å². The van der Waals surface area contributed by atoms with Crippen LogP contribution >= 0.6 is 0 Å². The van der Waals surface area contributed by atoms with E-state index in [1.165, 1.54) is 5.56 Å². The van der Waals surface area contributed by atoms with E-state index in [2.05, 4.69) is 72.6 Å². The van der Waals surface area contributed by atoms with Crippen molar-refractivity contribution < 1.29 is 9.53 Å². The van der Waals surface area contributed by atoms with E-state index in [-0.39, 0.29) is 17.4 Å². The predicted octanol–water partition coefficient (Wildman–Crippen LogP) is 3.89. The van der Waals surface area contributed by atoms with Gasteiger partial charge in [-0.3, -0.25) is 4.79 Å². The number of benzene rings is 1. The van der Waals surface area contributed by atoms with Crippen molar-refractivity contribution in [1.29, 1.82) is 0 Å². The van der Waals surface area contributed by atoms with E-state index >= 15 is 0 Å². The summed E-state index contributed by atoms with van der Waals surface area (Å²) in [5.74, 6) is 0.946. The number of anilines is 1. The van der Waals surface area contributed by atoms with Crippen LogP contribution in [0, 0.1) is 0 Å². The Morgan fingerprint density at radius 3 is 2.93 bits per heavy atom. The Morgan fingerprint density at radius 2 is 2.07 bits per heavy atom. The molecule has 5 rings (SSSR count). The van der Waals surface area contributed by atoms with Crippen molar-refractivity contribution in [3.8, 4) is 0 Å². The summed E-state index contributed by atoms with van der Waals surface area (Å²) in [6, 6.07) is 8.37. The fraction of sp³-hybridized carbons (Fsp3) is 0.292. The summed E-state index contributed by atoms with van der Waals surface area (Å²) in [4.78, 5) is 14.6. The maximum atomic E-state index is 12.4. The van der Waals surface area contributed by atoms with Gasteiger partial charge in [-0.25, -0.2) is 0 Å². The lowest BCUT2D eigenvalue weighted by Crippen LogP contribution is -2.58. The number of para-hydroxylation sites is 1. The van der Waals surface area contributed by atoms with E-state index in [0.29, 0.717) is 6.54 Å². The predicted molar refractivity (Wildman–Crippen MR) is 111 cm³/mol. The Labute approximate surface area is 165 Å². The molecule has 1 saturated heterocycles. The molecule has 1 aliphatic carbocycles. The average molecular weight is 372 g/mol. The van der Waals surface area contributed by atoms with Crippen LogP contribution in [0.15, 0.2) is 83.7 Å².